The third kappa shape index (κ3) is 2.35. The van der Waals surface area contributed by atoms with E-state index in [-0.39, 0.29) is 0 Å². The molecule has 2 aromatic heterocycles. The fourth-order valence-corrected chi connectivity index (χ4v) is 2.95. The lowest BCUT2D eigenvalue weighted by atomic mass is 10.1. The van der Waals surface area contributed by atoms with Gasteiger partial charge in [0.1, 0.15) is 11.4 Å². The van der Waals surface area contributed by atoms with Gasteiger partial charge in [0.25, 0.3) is 0 Å². The minimum Gasteiger partial charge on any atom is -0.496 e. The predicted molar refractivity (Wildman–Crippen MR) is 89.4 cm³/mol. The number of hydrogen-bond donors (Lipinski definition) is 1. The van der Waals surface area contributed by atoms with Crippen LogP contribution in [-0.4, -0.2) is 23.0 Å². The maximum Gasteiger partial charge on any atom is 0.137 e. The van der Waals surface area contributed by atoms with Gasteiger partial charge in [0.2, 0.25) is 0 Å². The van der Waals surface area contributed by atoms with Gasteiger partial charge in [-0.05, 0) is 56.3 Å². The number of benzene rings is 1. The van der Waals surface area contributed by atoms with Crippen molar-refractivity contribution in [1.82, 2.24) is 9.38 Å². The van der Waals surface area contributed by atoms with E-state index in [0.717, 1.165) is 34.6 Å². The number of rotatable bonds is 4. The van der Waals surface area contributed by atoms with Crippen LogP contribution in [0, 0.1) is 13.8 Å². The topological polar surface area (TPSA) is 52.5 Å². The molecular weight excluding hydrogens is 274 g/mol. The standard InChI is InChI=1S/C18H21N3O/c1-12-11-14(7-8-16(12)22-3)18-15(9-10-19)21-13(2)5-4-6-17(21)20-18/h4-8,11H,9-10,19H2,1-3H3. The summed E-state index contributed by atoms with van der Waals surface area (Å²) in [5.74, 6) is 0.893. The number of aryl methyl sites for hydroxylation is 2. The minimum atomic E-state index is 0.601. The Morgan fingerprint density at radius 3 is 2.68 bits per heavy atom. The highest BCUT2D eigenvalue weighted by atomic mass is 16.5. The minimum absolute atomic E-state index is 0.601. The van der Waals surface area contributed by atoms with Gasteiger partial charge in [0, 0.05) is 17.7 Å². The van der Waals surface area contributed by atoms with Crippen LogP contribution in [0.2, 0.25) is 0 Å². The summed E-state index contributed by atoms with van der Waals surface area (Å²) >= 11 is 0. The van der Waals surface area contributed by atoms with E-state index in [0.29, 0.717) is 6.54 Å². The number of nitrogens with zero attached hydrogens (tertiary/aromatic N) is 2. The van der Waals surface area contributed by atoms with E-state index in [9.17, 15) is 0 Å². The van der Waals surface area contributed by atoms with Gasteiger partial charge >= 0.3 is 0 Å². The first-order valence-corrected chi connectivity index (χ1v) is 7.47. The van der Waals surface area contributed by atoms with Crippen molar-refractivity contribution in [3.63, 3.8) is 0 Å². The van der Waals surface area contributed by atoms with E-state index in [1.165, 1.54) is 11.4 Å². The maximum absolute atomic E-state index is 5.82. The van der Waals surface area contributed by atoms with Crippen LogP contribution in [0.4, 0.5) is 0 Å². The lowest BCUT2D eigenvalue weighted by Gasteiger charge is -2.09. The zero-order valence-electron chi connectivity index (χ0n) is 13.3. The van der Waals surface area contributed by atoms with Gasteiger partial charge in [-0.1, -0.05) is 6.07 Å². The van der Waals surface area contributed by atoms with Crippen molar-refractivity contribution in [2.24, 2.45) is 5.73 Å². The Labute approximate surface area is 130 Å². The van der Waals surface area contributed by atoms with E-state index in [4.69, 9.17) is 15.5 Å². The first-order valence-electron chi connectivity index (χ1n) is 7.47. The van der Waals surface area contributed by atoms with Gasteiger partial charge in [-0.3, -0.25) is 0 Å². The Kier molecular flexibility index (Phi) is 3.86. The van der Waals surface area contributed by atoms with Crippen LogP contribution in [-0.2, 0) is 6.42 Å². The SMILES string of the molecule is COc1ccc(-c2nc3cccc(C)n3c2CCN)cc1C. The predicted octanol–water partition coefficient (Wildman–Crippen LogP) is 3.13. The molecule has 0 saturated heterocycles. The monoisotopic (exact) mass is 295 g/mol. The van der Waals surface area contributed by atoms with E-state index in [2.05, 4.69) is 29.5 Å². The third-order valence-corrected chi connectivity index (χ3v) is 3.98. The number of nitrogens with two attached hydrogens (primary N) is 1. The summed E-state index contributed by atoms with van der Waals surface area (Å²) in [7, 11) is 1.69. The first-order chi connectivity index (χ1) is 10.7. The summed E-state index contributed by atoms with van der Waals surface area (Å²) < 4.78 is 7.54. The molecule has 0 atom stereocenters. The molecule has 2 heterocycles. The van der Waals surface area contributed by atoms with Crippen molar-refractivity contribution in [2.45, 2.75) is 20.3 Å². The van der Waals surface area contributed by atoms with Crippen LogP contribution in [0.3, 0.4) is 0 Å². The largest absolute Gasteiger partial charge is 0.496 e. The van der Waals surface area contributed by atoms with E-state index < -0.39 is 0 Å². The zero-order valence-corrected chi connectivity index (χ0v) is 13.3. The summed E-state index contributed by atoms with van der Waals surface area (Å²) in [4.78, 5) is 4.83. The number of hydrogen-bond acceptors (Lipinski definition) is 3. The average molecular weight is 295 g/mol. The molecule has 22 heavy (non-hydrogen) atoms. The van der Waals surface area contributed by atoms with Crippen LogP contribution >= 0.6 is 0 Å². The Morgan fingerprint density at radius 1 is 1.18 bits per heavy atom. The van der Waals surface area contributed by atoms with Crippen LogP contribution in [0.25, 0.3) is 16.9 Å². The van der Waals surface area contributed by atoms with Crippen molar-refractivity contribution in [2.75, 3.05) is 13.7 Å². The fourth-order valence-electron chi connectivity index (χ4n) is 2.95. The molecule has 0 amide bonds. The van der Waals surface area contributed by atoms with Crippen molar-refractivity contribution in [3.05, 3.63) is 53.3 Å². The molecule has 3 rings (SSSR count). The number of fused-ring (bicyclic) bond motifs is 1. The number of imidazole rings is 1. The van der Waals surface area contributed by atoms with Gasteiger partial charge in [0.15, 0.2) is 0 Å². The molecule has 4 heteroatoms. The van der Waals surface area contributed by atoms with Gasteiger partial charge in [-0.15, -0.1) is 0 Å². The quantitative estimate of drug-likeness (QED) is 0.804. The second-order valence-electron chi connectivity index (χ2n) is 5.49. The second-order valence-corrected chi connectivity index (χ2v) is 5.49. The van der Waals surface area contributed by atoms with E-state index in [1.807, 2.05) is 25.1 Å². The summed E-state index contributed by atoms with van der Waals surface area (Å²) in [6.45, 7) is 4.74. The van der Waals surface area contributed by atoms with E-state index in [1.54, 1.807) is 7.11 Å². The molecule has 0 bridgehead atoms. The summed E-state index contributed by atoms with van der Waals surface area (Å²) in [6.07, 6.45) is 0.798. The highest BCUT2D eigenvalue weighted by molar-refractivity contribution is 5.68. The molecule has 0 aliphatic carbocycles. The van der Waals surface area contributed by atoms with Crippen LogP contribution in [0.5, 0.6) is 5.75 Å². The fraction of sp³-hybridized carbons (Fsp3) is 0.278. The molecule has 0 spiro atoms. The molecule has 114 valence electrons. The van der Waals surface area contributed by atoms with Crippen molar-refractivity contribution in [1.29, 1.82) is 0 Å². The normalized spacial score (nSPS) is 11.1. The Morgan fingerprint density at radius 2 is 2.00 bits per heavy atom. The van der Waals surface area contributed by atoms with Gasteiger partial charge in [0.05, 0.1) is 18.5 Å². The molecule has 0 aliphatic rings. The van der Waals surface area contributed by atoms with Crippen LogP contribution in [0.15, 0.2) is 36.4 Å². The lowest BCUT2D eigenvalue weighted by Crippen LogP contribution is -2.07. The first kappa shape index (κ1) is 14.6. The number of ether oxygens (including phenoxy) is 1. The molecule has 2 N–H and O–H groups in total. The average Bonchev–Trinajstić information content (AvgIpc) is 2.88. The number of pyridine rings is 1. The molecule has 0 saturated carbocycles. The van der Waals surface area contributed by atoms with Crippen molar-refractivity contribution >= 4 is 5.65 Å². The van der Waals surface area contributed by atoms with Crippen molar-refractivity contribution < 1.29 is 4.74 Å². The molecule has 0 radical (unpaired) electrons. The number of methoxy groups -OCH3 is 1. The highest BCUT2D eigenvalue weighted by Crippen LogP contribution is 2.29. The molecule has 3 aromatic rings. The molecule has 4 nitrogen and oxygen atoms in total. The zero-order chi connectivity index (χ0) is 15.7. The highest BCUT2D eigenvalue weighted by Gasteiger charge is 2.15. The van der Waals surface area contributed by atoms with E-state index >= 15 is 0 Å². The van der Waals surface area contributed by atoms with Gasteiger partial charge in [-0.25, -0.2) is 4.98 Å². The number of aromatic nitrogens is 2. The lowest BCUT2D eigenvalue weighted by molar-refractivity contribution is 0.412. The summed E-state index contributed by atoms with van der Waals surface area (Å²) in [5.41, 5.74) is 12.3. The van der Waals surface area contributed by atoms with Crippen LogP contribution < -0.4 is 10.5 Å². The summed E-state index contributed by atoms with van der Waals surface area (Å²) in [6, 6.07) is 12.3. The Hall–Kier alpha value is -2.33. The Bertz CT molecular complexity index is 821. The Balaban J connectivity index is 2.24. The summed E-state index contributed by atoms with van der Waals surface area (Å²) in [5, 5.41) is 0. The molecule has 0 unspecified atom stereocenters. The molecular formula is C18H21N3O. The third-order valence-electron chi connectivity index (χ3n) is 3.98. The maximum atomic E-state index is 5.82. The molecule has 0 fully saturated rings. The second kappa shape index (κ2) is 5.81. The van der Waals surface area contributed by atoms with Crippen LogP contribution in [0.1, 0.15) is 17.0 Å². The molecule has 0 aliphatic heterocycles. The van der Waals surface area contributed by atoms with Gasteiger partial charge < -0.3 is 14.9 Å². The van der Waals surface area contributed by atoms with Crippen molar-refractivity contribution in [3.8, 4) is 17.0 Å². The van der Waals surface area contributed by atoms with Gasteiger partial charge in [-0.2, -0.15) is 0 Å². The smallest absolute Gasteiger partial charge is 0.137 e. The molecule has 1 aromatic carbocycles.